The summed E-state index contributed by atoms with van der Waals surface area (Å²) >= 11 is 0. The number of ether oxygens (including phenoxy) is 1. The van der Waals surface area contributed by atoms with Gasteiger partial charge in [-0.25, -0.2) is 9.37 Å². The number of fused-ring (bicyclic) bond motifs is 1. The van der Waals surface area contributed by atoms with E-state index in [1.54, 1.807) is 0 Å². The Morgan fingerprint density at radius 1 is 1.26 bits per heavy atom. The van der Waals surface area contributed by atoms with Crippen molar-refractivity contribution in [3.8, 4) is 17.4 Å². The molecular weight excluding hydrogens is 251 g/mol. The van der Waals surface area contributed by atoms with Gasteiger partial charge < -0.3 is 15.5 Å². The maximum atomic E-state index is 13.1. The summed E-state index contributed by atoms with van der Waals surface area (Å²) in [7, 11) is 1.44. The number of nitrogens with zero attached hydrogens (tertiary/aromatic N) is 4. The Hall–Kier alpha value is -2.77. The standard InChI is InChI=1S/C11H9FN6O/c1-19-11-16-8(13)7-10(18-11)17-9(15-7)5-2-6(12)4-14-3-5/h2-4H,1H3,(H3,13,15,16,17,18). The Morgan fingerprint density at radius 3 is 2.84 bits per heavy atom. The van der Waals surface area contributed by atoms with Gasteiger partial charge in [-0.05, 0) is 6.07 Å². The zero-order valence-corrected chi connectivity index (χ0v) is 9.88. The molecule has 0 bridgehead atoms. The molecule has 0 saturated heterocycles. The molecule has 0 fully saturated rings. The third-order valence-electron chi connectivity index (χ3n) is 2.52. The summed E-state index contributed by atoms with van der Waals surface area (Å²) in [4.78, 5) is 18.9. The summed E-state index contributed by atoms with van der Waals surface area (Å²) in [6.45, 7) is 0. The minimum Gasteiger partial charge on any atom is -0.467 e. The maximum Gasteiger partial charge on any atom is 0.320 e. The van der Waals surface area contributed by atoms with Gasteiger partial charge in [0.25, 0.3) is 0 Å². The topological polar surface area (TPSA) is 103 Å². The second-order valence-corrected chi connectivity index (χ2v) is 3.77. The predicted molar refractivity (Wildman–Crippen MR) is 65.8 cm³/mol. The molecule has 3 heterocycles. The molecular formula is C11H9FN6O. The van der Waals surface area contributed by atoms with Gasteiger partial charge in [0.2, 0.25) is 0 Å². The molecule has 7 nitrogen and oxygen atoms in total. The van der Waals surface area contributed by atoms with E-state index in [1.165, 1.54) is 19.4 Å². The van der Waals surface area contributed by atoms with Gasteiger partial charge in [0, 0.05) is 11.8 Å². The first-order chi connectivity index (χ1) is 9.17. The summed E-state index contributed by atoms with van der Waals surface area (Å²) in [5, 5.41) is 0. The zero-order valence-electron chi connectivity index (χ0n) is 9.88. The van der Waals surface area contributed by atoms with Crippen LogP contribution in [0, 0.1) is 5.82 Å². The first kappa shape index (κ1) is 11.3. The minimum absolute atomic E-state index is 0.125. The number of anilines is 1. The molecule has 3 aromatic rings. The van der Waals surface area contributed by atoms with Crippen molar-refractivity contribution in [1.29, 1.82) is 0 Å². The number of nitrogens with two attached hydrogens (primary N) is 1. The first-order valence-electron chi connectivity index (χ1n) is 5.35. The summed E-state index contributed by atoms with van der Waals surface area (Å²) in [6, 6.07) is 1.44. The summed E-state index contributed by atoms with van der Waals surface area (Å²) < 4.78 is 18.0. The van der Waals surface area contributed by atoms with E-state index in [9.17, 15) is 4.39 Å². The fourth-order valence-corrected chi connectivity index (χ4v) is 1.67. The Bertz CT molecular complexity index is 756. The number of pyridine rings is 1. The smallest absolute Gasteiger partial charge is 0.320 e. The quantitative estimate of drug-likeness (QED) is 0.716. The fourth-order valence-electron chi connectivity index (χ4n) is 1.67. The SMILES string of the molecule is COc1nc(N)c2[nH]c(-c3cncc(F)c3)nc2n1. The van der Waals surface area contributed by atoms with Crippen molar-refractivity contribution in [3.05, 3.63) is 24.3 Å². The van der Waals surface area contributed by atoms with E-state index in [-0.39, 0.29) is 11.8 Å². The van der Waals surface area contributed by atoms with Gasteiger partial charge in [0.05, 0.1) is 13.3 Å². The molecule has 0 aliphatic heterocycles. The maximum absolute atomic E-state index is 13.1. The van der Waals surface area contributed by atoms with Crippen molar-refractivity contribution >= 4 is 17.0 Å². The summed E-state index contributed by atoms with van der Waals surface area (Å²) in [5.74, 6) is 0.177. The molecule has 0 unspecified atom stereocenters. The fraction of sp³-hybridized carbons (Fsp3) is 0.0909. The third kappa shape index (κ3) is 1.92. The number of methoxy groups -OCH3 is 1. The van der Waals surface area contributed by atoms with Crippen molar-refractivity contribution in [2.75, 3.05) is 12.8 Å². The number of hydrogen-bond acceptors (Lipinski definition) is 6. The van der Waals surface area contributed by atoms with Crippen LogP contribution in [0.25, 0.3) is 22.6 Å². The molecule has 96 valence electrons. The highest BCUT2D eigenvalue weighted by atomic mass is 19.1. The van der Waals surface area contributed by atoms with Crippen LogP contribution in [0.4, 0.5) is 10.2 Å². The average molecular weight is 260 g/mol. The Balaban J connectivity index is 2.19. The van der Waals surface area contributed by atoms with E-state index in [2.05, 4.69) is 24.9 Å². The lowest BCUT2D eigenvalue weighted by Gasteiger charge is -1.98. The van der Waals surface area contributed by atoms with Gasteiger partial charge in [-0.3, -0.25) is 4.98 Å². The van der Waals surface area contributed by atoms with Crippen LogP contribution >= 0.6 is 0 Å². The van der Waals surface area contributed by atoms with Crippen LogP contribution in [0.5, 0.6) is 6.01 Å². The molecule has 0 radical (unpaired) electrons. The number of nitrogen functional groups attached to an aromatic ring is 1. The van der Waals surface area contributed by atoms with Gasteiger partial charge in [0.1, 0.15) is 17.2 Å². The van der Waals surface area contributed by atoms with Gasteiger partial charge in [-0.15, -0.1) is 0 Å². The number of H-pyrrole nitrogens is 1. The monoisotopic (exact) mass is 260 g/mol. The average Bonchev–Trinajstić information content (AvgIpc) is 2.83. The number of hydrogen-bond donors (Lipinski definition) is 2. The first-order valence-corrected chi connectivity index (χ1v) is 5.35. The van der Waals surface area contributed by atoms with Crippen LogP contribution < -0.4 is 10.5 Å². The van der Waals surface area contributed by atoms with Crippen LogP contribution in [0.2, 0.25) is 0 Å². The van der Waals surface area contributed by atoms with Crippen molar-refractivity contribution in [2.45, 2.75) is 0 Å². The Kier molecular flexibility index (Phi) is 2.48. The van der Waals surface area contributed by atoms with Crippen LogP contribution in [0.3, 0.4) is 0 Å². The van der Waals surface area contributed by atoms with E-state index >= 15 is 0 Å². The van der Waals surface area contributed by atoms with Crippen LogP contribution in [-0.2, 0) is 0 Å². The number of halogens is 1. The van der Waals surface area contributed by atoms with Gasteiger partial charge in [0.15, 0.2) is 11.5 Å². The molecule has 8 heteroatoms. The molecule has 3 aromatic heterocycles. The van der Waals surface area contributed by atoms with Crippen molar-refractivity contribution in [2.24, 2.45) is 0 Å². The molecule has 0 spiro atoms. The van der Waals surface area contributed by atoms with Crippen LogP contribution in [-0.4, -0.2) is 32.0 Å². The van der Waals surface area contributed by atoms with Gasteiger partial charge in [-0.1, -0.05) is 0 Å². The normalized spacial score (nSPS) is 10.8. The van der Waals surface area contributed by atoms with E-state index in [0.717, 1.165) is 6.20 Å². The summed E-state index contributed by atoms with van der Waals surface area (Å²) in [6.07, 6.45) is 2.60. The van der Waals surface area contributed by atoms with Gasteiger partial charge in [-0.2, -0.15) is 9.97 Å². The number of rotatable bonds is 2. The van der Waals surface area contributed by atoms with E-state index in [0.29, 0.717) is 22.6 Å². The largest absolute Gasteiger partial charge is 0.467 e. The molecule has 0 saturated carbocycles. The van der Waals surface area contributed by atoms with E-state index < -0.39 is 5.82 Å². The molecule has 0 atom stereocenters. The van der Waals surface area contributed by atoms with Crippen molar-refractivity contribution in [1.82, 2.24) is 24.9 Å². The molecule has 0 aliphatic rings. The molecule has 0 amide bonds. The number of imidazole rings is 1. The Morgan fingerprint density at radius 2 is 2.11 bits per heavy atom. The minimum atomic E-state index is -0.449. The lowest BCUT2D eigenvalue weighted by molar-refractivity contribution is 0.382. The zero-order chi connectivity index (χ0) is 13.4. The molecule has 3 rings (SSSR count). The van der Waals surface area contributed by atoms with E-state index in [4.69, 9.17) is 10.5 Å². The van der Waals surface area contributed by atoms with E-state index in [1.807, 2.05) is 0 Å². The molecule has 3 N–H and O–H groups in total. The number of nitrogens with one attached hydrogen (secondary N) is 1. The predicted octanol–water partition coefficient (Wildman–Crippen LogP) is 1.14. The van der Waals surface area contributed by atoms with Crippen LogP contribution in [0.15, 0.2) is 18.5 Å². The number of aromatic nitrogens is 5. The second kappa shape index (κ2) is 4.16. The molecule has 0 aromatic carbocycles. The Labute approximate surface area is 106 Å². The van der Waals surface area contributed by atoms with Gasteiger partial charge >= 0.3 is 6.01 Å². The van der Waals surface area contributed by atoms with Crippen molar-refractivity contribution in [3.63, 3.8) is 0 Å². The molecule has 19 heavy (non-hydrogen) atoms. The number of aromatic amines is 1. The summed E-state index contributed by atoms with van der Waals surface area (Å²) in [5.41, 5.74) is 7.08. The highest BCUT2D eigenvalue weighted by Crippen LogP contribution is 2.23. The van der Waals surface area contributed by atoms with Crippen LogP contribution in [0.1, 0.15) is 0 Å². The third-order valence-corrected chi connectivity index (χ3v) is 2.52. The van der Waals surface area contributed by atoms with Crippen molar-refractivity contribution < 1.29 is 9.13 Å². The highest BCUT2D eigenvalue weighted by Gasteiger charge is 2.12. The second-order valence-electron chi connectivity index (χ2n) is 3.77. The lowest BCUT2D eigenvalue weighted by atomic mass is 10.3. The lowest BCUT2D eigenvalue weighted by Crippen LogP contribution is -1.98. The highest BCUT2D eigenvalue weighted by molar-refractivity contribution is 5.84. The molecule has 0 aliphatic carbocycles.